The summed E-state index contributed by atoms with van der Waals surface area (Å²) in [5.74, 6) is 0.424. The van der Waals surface area contributed by atoms with Crippen molar-refractivity contribution < 1.29 is 17.7 Å². The van der Waals surface area contributed by atoms with Gasteiger partial charge in [0.2, 0.25) is 5.82 Å². The smallest absolute Gasteiger partial charge is 0.333 e. The first-order chi connectivity index (χ1) is 12.0. The molecule has 126 valence electrons. The number of halogens is 3. The Morgan fingerprint density at radius 1 is 0.920 bits per heavy atom. The van der Waals surface area contributed by atoms with E-state index in [1.54, 1.807) is 11.3 Å². The highest BCUT2D eigenvalue weighted by atomic mass is 32.1. The van der Waals surface area contributed by atoms with E-state index in [4.69, 9.17) is 4.52 Å². The molecule has 0 fully saturated rings. The third-order valence-electron chi connectivity index (χ3n) is 3.45. The van der Waals surface area contributed by atoms with Gasteiger partial charge in [-0.1, -0.05) is 23.4 Å². The first kappa shape index (κ1) is 16.0. The van der Waals surface area contributed by atoms with E-state index in [1.165, 1.54) is 23.5 Å². The summed E-state index contributed by atoms with van der Waals surface area (Å²) < 4.78 is 43.7. The molecule has 0 unspecified atom stereocenters. The normalized spacial score (nSPS) is 11.8. The largest absolute Gasteiger partial charge is 0.416 e. The zero-order valence-corrected chi connectivity index (χ0v) is 14.1. The summed E-state index contributed by atoms with van der Waals surface area (Å²) in [6, 6.07) is 12.7. The van der Waals surface area contributed by atoms with Gasteiger partial charge < -0.3 is 4.52 Å². The summed E-state index contributed by atoms with van der Waals surface area (Å²) in [5, 5.41) is 5.81. The number of thiophene rings is 2. The number of alkyl halides is 3. The lowest BCUT2D eigenvalue weighted by molar-refractivity contribution is -0.137. The Morgan fingerprint density at radius 2 is 1.76 bits per heavy atom. The van der Waals surface area contributed by atoms with E-state index in [0.29, 0.717) is 5.89 Å². The van der Waals surface area contributed by atoms with Crippen LogP contribution < -0.4 is 0 Å². The average Bonchev–Trinajstić information content (AvgIpc) is 3.33. The van der Waals surface area contributed by atoms with Gasteiger partial charge >= 0.3 is 6.18 Å². The molecule has 0 aliphatic carbocycles. The number of aromatic nitrogens is 2. The van der Waals surface area contributed by atoms with Crippen molar-refractivity contribution in [2.24, 2.45) is 0 Å². The first-order valence-electron chi connectivity index (χ1n) is 7.16. The van der Waals surface area contributed by atoms with Crippen LogP contribution in [0.3, 0.4) is 0 Å². The fraction of sp³-hybridized carbons (Fsp3) is 0.0588. The Hall–Kier alpha value is -2.45. The van der Waals surface area contributed by atoms with E-state index < -0.39 is 11.7 Å². The van der Waals surface area contributed by atoms with Gasteiger partial charge in [0.25, 0.3) is 5.89 Å². The lowest BCUT2D eigenvalue weighted by atomic mass is 10.1. The lowest BCUT2D eigenvalue weighted by Gasteiger charge is -2.06. The standard InChI is InChI=1S/C17H9F3N2OS2/c18-17(19,20)11-4-1-3-10(9-11)15-21-16(23-22-15)14-7-6-13(25-14)12-5-2-8-24-12/h1-9H. The summed E-state index contributed by atoms with van der Waals surface area (Å²) in [6.45, 7) is 0. The molecule has 0 bridgehead atoms. The van der Waals surface area contributed by atoms with Gasteiger partial charge in [-0.05, 0) is 35.7 Å². The molecule has 0 aliphatic heterocycles. The molecule has 25 heavy (non-hydrogen) atoms. The average molecular weight is 378 g/mol. The molecule has 0 saturated carbocycles. The van der Waals surface area contributed by atoms with Crippen molar-refractivity contribution in [3.8, 4) is 31.9 Å². The predicted molar refractivity (Wildman–Crippen MR) is 91.4 cm³/mol. The second kappa shape index (κ2) is 6.12. The Bertz CT molecular complexity index is 1000. The van der Waals surface area contributed by atoms with Crippen LogP contribution in [-0.2, 0) is 6.18 Å². The van der Waals surface area contributed by atoms with Crippen molar-refractivity contribution in [3.05, 3.63) is 59.5 Å². The monoisotopic (exact) mass is 378 g/mol. The SMILES string of the molecule is FC(F)(F)c1cccc(-c2noc(-c3ccc(-c4cccs4)s3)n2)c1. The van der Waals surface area contributed by atoms with Crippen molar-refractivity contribution in [2.75, 3.05) is 0 Å². The quantitative estimate of drug-likeness (QED) is 0.425. The topological polar surface area (TPSA) is 38.9 Å². The van der Waals surface area contributed by atoms with Crippen molar-refractivity contribution in [3.63, 3.8) is 0 Å². The van der Waals surface area contributed by atoms with E-state index >= 15 is 0 Å². The molecule has 0 saturated heterocycles. The van der Waals surface area contributed by atoms with E-state index in [1.807, 2.05) is 29.6 Å². The zero-order valence-electron chi connectivity index (χ0n) is 12.4. The molecule has 1 aromatic carbocycles. The predicted octanol–water partition coefficient (Wildman–Crippen LogP) is 6.21. The molecule has 0 atom stereocenters. The molecular formula is C17H9F3N2OS2. The number of benzene rings is 1. The molecule has 3 heterocycles. The van der Waals surface area contributed by atoms with Gasteiger partial charge in [-0.25, -0.2) is 0 Å². The molecule has 0 radical (unpaired) electrons. The van der Waals surface area contributed by atoms with Crippen LogP contribution >= 0.6 is 22.7 Å². The highest BCUT2D eigenvalue weighted by Crippen LogP contribution is 2.37. The Balaban J connectivity index is 1.65. The van der Waals surface area contributed by atoms with E-state index in [9.17, 15) is 13.2 Å². The van der Waals surface area contributed by atoms with Gasteiger partial charge in [-0.2, -0.15) is 18.2 Å². The van der Waals surface area contributed by atoms with Gasteiger partial charge in [-0.3, -0.25) is 0 Å². The first-order valence-corrected chi connectivity index (χ1v) is 8.86. The molecule has 0 aliphatic rings. The second-order valence-corrected chi connectivity index (χ2v) is 7.17. The summed E-state index contributed by atoms with van der Waals surface area (Å²) in [7, 11) is 0. The molecule has 4 aromatic rings. The molecular weight excluding hydrogens is 369 g/mol. The fourth-order valence-electron chi connectivity index (χ4n) is 2.28. The Morgan fingerprint density at radius 3 is 2.52 bits per heavy atom. The van der Waals surface area contributed by atoms with Gasteiger partial charge in [0.15, 0.2) is 0 Å². The van der Waals surface area contributed by atoms with E-state index in [2.05, 4.69) is 10.1 Å². The highest BCUT2D eigenvalue weighted by Gasteiger charge is 2.30. The maximum atomic E-state index is 12.8. The molecule has 0 N–H and O–H groups in total. The van der Waals surface area contributed by atoms with E-state index in [-0.39, 0.29) is 11.4 Å². The van der Waals surface area contributed by atoms with Crippen LogP contribution in [0.1, 0.15) is 5.56 Å². The number of hydrogen-bond acceptors (Lipinski definition) is 5. The molecule has 3 aromatic heterocycles. The summed E-state index contributed by atoms with van der Waals surface area (Å²) in [5.41, 5.74) is -0.479. The maximum Gasteiger partial charge on any atom is 0.416 e. The molecule has 3 nitrogen and oxygen atoms in total. The lowest BCUT2D eigenvalue weighted by Crippen LogP contribution is -2.04. The Kier molecular flexibility index (Phi) is 3.93. The molecule has 4 rings (SSSR count). The third kappa shape index (κ3) is 3.22. The summed E-state index contributed by atoms with van der Waals surface area (Å²) in [6.07, 6.45) is -4.41. The highest BCUT2D eigenvalue weighted by molar-refractivity contribution is 7.23. The summed E-state index contributed by atoms with van der Waals surface area (Å²) >= 11 is 3.12. The van der Waals surface area contributed by atoms with Crippen LogP contribution in [0.5, 0.6) is 0 Å². The van der Waals surface area contributed by atoms with Crippen LogP contribution in [0.15, 0.2) is 58.4 Å². The minimum atomic E-state index is -4.41. The van der Waals surface area contributed by atoms with Crippen LogP contribution in [0, 0.1) is 0 Å². The number of nitrogens with zero attached hydrogens (tertiary/aromatic N) is 2. The Labute approximate surface area is 148 Å². The molecule has 8 heteroatoms. The van der Waals surface area contributed by atoms with E-state index in [0.717, 1.165) is 26.8 Å². The van der Waals surface area contributed by atoms with Gasteiger partial charge in [0.1, 0.15) is 0 Å². The van der Waals surface area contributed by atoms with Gasteiger partial charge in [0, 0.05) is 15.3 Å². The van der Waals surface area contributed by atoms with Crippen molar-refractivity contribution in [2.45, 2.75) is 6.18 Å². The van der Waals surface area contributed by atoms with Crippen molar-refractivity contribution in [1.29, 1.82) is 0 Å². The van der Waals surface area contributed by atoms with Crippen LogP contribution in [-0.4, -0.2) is 10.1 Å². The number of rotatable bonds is 3. The van der Waals surface area contributed by atoms with Crippen LogP contribution in [0.2, 0.25) is 0 Å². The summed E-state index contributed by atoms with van der Waals surface area (Å²) in [4.78, 5) is 7.22. The number of hydrogen-bond donors (Lipinski definition) is 0. The van der Waals surface area contributed by atoms with Gasteiger partial charge in [-0.15, -0.1) is 22.7 Å². The molecule has 0 amide bonds. The molecule has 0 spiro atoms. The second-order valence-electron chi connectivity index (χ2n) is 5.14. The third-order valence-corrected chi connectivity index (χ3v) is 5.59. The maximum absolute atomic E-state index is 12.8. The van der Waals surface area contributed by atoms with Crippen LogP contribution in [0.25, 0.3) is 31.9 Å². The minimum Gasteiger partial charge on any atom is -0.333 e. The fourth-order valence-corrected chi connectivity index (χ4v) is 4.04. The minimum absolute atomic E-state index is 0.132. The van der Waals surface area contributed by atoms with Crippen molar-refractivity contribution >= 4 is 22.7 Å². The zero-order chi connectivity index (χ0) is 17.4. The van der Waals surface area contributed by atoms with Crippen LogP contribution in [0.4, 0.5) is 13.2 Å². The van der Waals surface area contributed by atoms with Crippen molar-refractivity contribution in [1.82, 2.24) is 10.1 Å². The van der Waals surface area contributed by atoms with Gasteiger partial charge in [0.05, 0.1) is 10.4 Å².